The molecule has 0 radical (unpaired) electrons. The number of benzene rings is 2. The molecule has 1 aromatic heterocycles. The first-order valence-corrected chi connectivity index (χ1v) is 6.60. The van der Waals surface area contributed by atoms with E-state index in [2.05, 4.69) is 40.6 Å². The third-order valence-corrected chi connectivity index (χ3v) is 3.23. The van der Waals surface area contributed by atoms with Gasteiger partial charge in [0.25, 0.3) is 0 Å². The summed E-state index contributed by atoms with van der Waals surface area (Å²) in [5.74, 6) is 0. The van der Waals surface area contributed by atoms with E-state index in [1.165, 1.54) is 11.1 Å². The molecule has 0 atom stereocenters. The van der Waals surface area contributed by atoms with E-state index in [9.17, 15) is 0 Å². The summed E-state index contributed by atoms with van der Waals surface area (Å²) in [6.07, 6.45) is 2.75. The molecule has 0 fully saturated rings. The van der Waals surface area contributed by atoms with E-state index in [1.54, 1.807) is 4.68 Å². The van der Waals surface area contributed by atoms with Crippen molar-refractivity contribution in [3.05, 3.63) is 77.6 Å². The molecule has 4 nitrogen and oxygen atoms in total. The second kappa shape index (κ2) is 5.67. The molecule has 3 rings (SSSR count). The first kappa shape index (κ1) is 12.6. The molecule has 0 amide bonds. The van der Waals surface area contributed by atoms with Crippen LogP contribution in [0.15, 0.2) is 60.8 Å². The number of hydrogen-bond donors (Lipinski definition) is 1. The van der Waals surface area contributed by atoms with Crippen LogP contribution in [0.3, 0.4) is 0 Å². The van der Waals surface area contributed by atoms with Crippen LogP contribution in [0, 0.1) is 0 Å². The molecule has 100 valence electrons. The molecule has 3 aromatic rings. The topological polar surface area (TPSA) is 56.7 Å². The Hall–Kier alpha value is -2.46. The van der Waals surface area contributed by atoms with Gasteiger partial charge < -0.3 is 5.73 Å². The standard InChI is InChI=1S/C16H16N4/c17-11-15-12-20(19-18-15)16-9-5-4-8-14(16)10-13-6-2-1-3-7-13/h1-9,12H,10-11,17H2. The Bertz CT molecular complexity index is 688. The Morgan fingerprint density at radius 3 is 2.45 bits per heavy atom. The summed E-state index contributed by atoms with van der Waals surface area (Å²) in [6, 6.07) is 18.6. The van der Waals surface area contributed by atoms with Crippen LogP contribution in [0.4, 0.5) is 0 Å². The molecule has 1 heterocycles. The Morgan fingerprint density at radius 2 is 1.70 bits per heavy atom. The van der Waals surface area contributed by atoms with Crippen molar-refractivity contribution >= 4 is 0 Å². The Labute approximate surface area is 117 Å². The maximum Gasteiger partial charge on any atom is 0.0967 e. The molecule has 0 saturated heterocycles. The van der Waals surface area contributed by atoms with Crippen molar-refractivity contribution in [2.75, 3.05) is 0 Å². The van der Waals surface area contributed by atoms with Gasteiger partial charge in [0.05, 0.1) is 17.6 Å². The predicted octanol–water partition coefficient (Wildman–Crippen LogP) is 2.32. The van der Waals surface area contributed by atoms with E-state index in [0.29, 0.717) is 6.54 Å². The maximum atomic E-state index is 5.59. The minimum absolute atomic E-state index is 0.404. The van der Waals surface area contributed by atoms with E-state index >= 15 is 0 Å². The number of nitrogens with two attached hydrogens (primary N) is 1. The van der Waals surface area contributed by atoms with Crippen LogP contribution in [0.2, 0.25) is 0 Å². The zero-order valence-electron chi connectivity index (χ0n) is 11.1. The van der Waals surface area contributed by atoms with Gasteiger partial charge in [0, 0.05) is 6.54 Å². The lowest BCUT2D eigenvalue weighted by atomic mass is 10.0. The summed E-state index contributed by atoms with van der Waals surface area (Å²) in [4.78, 5) is 0. The van der Waals surface area contributed by atoms with E-state index in [1.807, 2.05) is 30.5 Å². The van der Waals surface area contributed by atoms with Crippen molar-refractivity contribution in [3.8, 4) is 5.69 Å². The lowest BCUT2D eigenvalue weighted by molar-refractivity contribution is 0.789. The van der Waals surface area contributed by atoms with Gasteiger partial charge in [-0.1, -0.05) is 53.7 Å². The van der Waals surface area contributed by atoms with E-state index < -0.39 is 0 Å². The molecule has 20 heavy (non-hydrogen) atoms. The second-order valence-corrected chi connectivity index (χ2v) is 4.65. The third kappa shape index (κ3) is 2.60. The van der Waals surface area contributed by atoms with Gasteiger partial charge in [0.2, 0.25) is 0 Å². The van der Waals surface area contributed by atoms with Crippen molar-refractivity contribution in [2.45, 2.75) is 13.0 Å². The highest BCUT2D eigenvalue weighted by atomic mass is 15.4. The van der Waals surface area contributed by atoms with E-state index in [0.717, 1.165) is 17.8 Å². The zero-order chi connectivity index (χ0) is 13.8. The lowest BCUT2D eigenvalue weighted by Gasteiger charge is -2.08. The van der Waals surface area contributed by atoms with E-state index in [-0.39, 0.29) is 0 Å². The average molecular weight is 264 g/mol. The van der Waals surface area contributed by atoms with Crippen molar-refractivity contribution in [1.82, 2.24) is 15.0 Å². The van der Waals surface area contributed by atoms with Crippen molar-refractivity contribution < 1.29 is 0 Å². The summed E-state index contributed by atoms with van der Waals surface area (Å²) < 4.78 is 1.79. The highest BCUT2D eigenvalue weighted by Gasteiger charge is 2.07. The third-order valence-electron chi connectivity index (χ3n) is 3.23. The molecular weight excluding hydrogens is 248 g/mol. The molecule has 0 spiro atoms. The maximum absolute atomic E-state index is 5.59. The van der Waals surface area contributed by atoms with E-state index in [4.69, 9.17) is 5.73 Å². The Morgan fingerprint density at radius 1 is 0.950 bits per heavy atom. The minimum Gasteiger partial charge on any atom is -0.325 e. The van der Waals surface area contributed by atoms with Gasteiger partial charge in [0.1, 0.15) is 0 Å². The summed E-state index contributed by atoms with van der Waals surface area (Å²) in [6.45, 7) is 0.404. The molecule has 2 N–H and O–H groups in total. The summed E-state index contributed by atoms with van der Waals surface area (Å²) in [7, 11) is 0. The molecular formula is C16H16N4. The van der Waals surface area contributed by atoms with Gasteiger partial charge >= 0.3 is 0 Å². The van der Waals surface area contributed by atoms with Crippen LogP contribution in [0.5, 0.6) is 0 Å². The van der Waals surface area contributed by atoms with Gasteiger partial charge in [-0.15, -0.1) is 5.10 Å². The van der Waals surface area contributed by atoms with Crippen LogP contribution in [-0.2, 0) is 13.0 Å². The first-order chi connectivity index (χ1) is 9.86. The van der Waals surface area contributed by atoms with Crippen LogP contribution < -0.4 is 5.73 Å². The highest BCUT2D eigenvalue weighted by Crippen LogP contribution is 2.17. The molecule has 0 unspecified atom stereocenters. The number of para-hydroxylation sites is 1. The van der Waals surface area contributed by atoms with Gasteiger partial charge in [-0.05, 0) is 23.6 Å². The van der Waals surface area contributed by atoms with Crippen LogP contribution in [0.1, 0.15) is 16.8 Å². The molecule has 0 bridgehead atoms. The van der Waals surface area contributed by atoms with Crippen LogP contribution >= 0.6 is 0 Å². The molecule has 0 aliphatic rings. The Kier molecular flexibility index (Phi) is 3.56. The summed E-state index contributed by atoms with van der Waals surface area (Å²) in [5.41, 5.74) is 9.92. The fourth-order valence-electron chi connectivity index (χ4n) is 2.21. The fourth-order valence-corrected chi connectivity index (χ4v) is 2.21. The van der Waals surface area contributed by atoms with Crippen LogP contribution in [0.25, 0.3) is 5.69 Å². The van der Waals surface area contributed by atoms with Gasteiger partial charge in [-0.25, -0.2) is 4.68 Å². The largest absolute Gasteiger partial charge is 0.325 e. The average Bonchev–Trinajstić information content (AvgIpc) is 2.98. The lowest BCUT2D eigenvalue weighted by Crippen LogP contribution is -2.01. The second-order valence-electron chi connectivity index (χ2n) is 4.65. The number of aromatic nitrogens is 3. The Balaban J connectivity index is 1.96. The normalized spacial score (nSPS) is 10.7. The number of rotatable bonds is 4. The van der Waals surface area contributed by atoms with Gasteiger partial charge in [0.15, 0.2) is 0 Å². The quantitative estimate of drug-likeness (QED) is 0.786. The monoisotopic (exact) mass is 264 g/mol. The molecule has 0 saturated carbocycles. The molecule has 4 heteroatoms. The summed E-state index contributed by atoms with van der Waals surface area (Å²) >= 11 is 0. The fraction of sp³-hybridized carbons (Fsp3) is 0.125. The zero-order valence-corrected chi connectivity index (χ0v) is 11.1. The highest BCUT2D eigenvalue weighted by molar-refractivity contribution is 5.43. The summed E-state index contributed by atoms with van der Waals surface area (Å²) in [5, 5.41) is 8.19. The van der Waals surface area contributed by atoms with Crippen molar-refractivity contribution in [2.24, 2.45) is 5.73 Å². The molecule has 0 aliphatic carbocycles. The van der Waals surface area contributed by atoms with Crippen molar-refractivity contribution in [3.63, 3.8) is 0 Å². The SMILES string of the molecule is NCc1cn(-c2ccccc2Cc2ccccc2)nn1. The van der Waals surface area contributed by atoms with Gasteiger partial charge in [-0.2, -0.15) is 0 Å². The predicted molar refractivity (Wildman–Crippen MR) is 78.5 cm³/mol. The molecule has 0 aliphatic heterocycles. The number of hydrogen-bond acceptors (Lipinski definition) is 3. The van der Waals surface area contributed by atoms with Crippen molar-refractivity contribution in [1.29, 1.82) is 0 Å². The smallest absolute Gasteiger partial charge is 0.0967 e. The number of nitrogens with zero attached hydrogens (tertiary/aromatic N) is 3. The molecule has 2 aromatic carbocycles. The first-order valence-electron chi connectivity index (χ1n) is 6.60. The van der Waals surface area contributed by atoms with Gasteiger partial charge in [-0.3, -0.25) is 0 Å². The van der Waals surface area contributed by atoms with Crippen LogP contribution in [-0.4, -0.2) is 15.0 Å². The minimum atomic E-state index is 0.404.